The van der Waals surface area contributed by atoms with E-state index in [0.29, 0.717) is 11.3 Å². The van der Waals surface area contributed by atoms with Crippen molar-refractivity contribution in [3.8, 4) is 5.75 Å². The Bertz CT molecular complexity index is 922. The zero-order chi connectivity index (χ0) is 18.7. The lowest BCUT2D eigenvalue weighted by Gasteiger charge is -2.22. The number of fused-ring (bicyclic) bond motifs is 1. The number of nitrogens with zero attached hydrogens (tertiary/aromatic N) is 2. The molecule has 3 rings (SSSR count). The van der Waals surface area contributed by atoms with E-state index in [0.717, 1.165) is 10.8 Å². The number of primary amides is 1. The number of pyridine rings is 1. The molecule has 0 aliphatic rings. The number of aromatic nitrogens is 1. The minimum absolute atomic E-state index is 0.100. The lowest BCUT2D eigenvalue weighted by molar-refractivity contribution is -0.274. The van der Waals surface area contributed by atoms with Gasteiger partial charge in [0.1, 0.15) is 5.75 Å². The molecule has 0 bridgehead atoms. The molecule has 0 saturated heterocycles. The van der Waals surface area contributed by atoms with E-state index in [-0.39, 0.29) is 12.3 Å². The number of rotatable bonds is 4. The molecule has 0 saturated carbocycles. The Balaban J connectivity index is 1.89. The summed E-state index contributed by atoms with van der Waals surface area (Å²) in [4.78, 5) is 17.4. The summed E-state index contributed by atoms with van der Waals surface area (Å²) < 4.78 is 40.5. The van der Waals surface area contributed by atoms with Crippen molar-refractivity contribution in [2.75, 3.05) is 4.90 Å². The highest BCUT2D eigenvalue weighted by molar-refractivity contribution is 6.02. The van der Waals surface area contributed by atoms with Crippen molar-refractivity contribution in [2.45, 2.75) is 12.9 Å². The number of benzene rings is 2. The summed E-state index contributed by atoms with van der Waals surface area (Å²) in [6.45, 7) is 0.100. The minimum atomic E-state index is -4.75. The van der Waals surface area contributed by atoms with Gasteiger partial charge in [-0.05, 0) is 29.8 Å². The van der Waals surface area contributed by atoms with Crippen LogP contribution < -0.4 is 15.4 Å². The van der Waals surface area contributed by atoms with Crippen LogP contribution in [0.2, 0.25) is 0 Å². The van der Waals surface area contributed by atoms with Crippen LogP contribution in [-0.4, -0.2) is 17.4 Å². The molecule has 1 heterocycles. The van der Waals surface area contributed by atoms with Crippen molar-refractivity contribution in [2.24, 2.45) is 5.73 Å². The quantitative estimate of drug-likeness (QED) is 0.757. The molecule has 0 aliphatic heterocycles. The van der Waals surface area contributed by atoms with E-state index in [9.17, 15) is 18.0 Å². The van der Waals surface area contributed by atoms with Crippen molar-refractivity contribution in [3.05, 3.63) is 66.5 Å². The number of ether oxygens (including phenoxy) is 1. The number of amides is 2. The van der Waals surface area contributed by atoms with E-state index >= 15 is 0 Å². The summed E-state index contributed by atoms with van der Waals surface area (Å²) in [5.74, 6) is -0.330. The van der Waals surface area contributed by atoms with Crippen LogP contribution in [-0.2, 0) is 6.54 Å². The van der Waals surface area contributed by atoms with Gasteiger partial charge in [-0.25, -0.2) is 4.79 Å². The van der Waals surface area contributed by atoms with E-state index in [1.807, 2.05) is 6.07 Å². The van der Waals surface area contributed by atoms with Gasteiger partial charge < -0.3 is 10.5 Å². The maximum absolute atomic E-state index is 12.2. The molecule has 0 atom stereocenters. The molecule has 0 spiro atoms. The van der Waals surface area contributed by atoms with E-state index in [1.165, 1.54) is 29.2 Å². The second kappa shape index (κ2) is 6.91. The van der Waals surface area contributed by atoms with Gasteiger partial charge in [0, 0.05) is 23.2 Å². The third-order valence-electron chi connectivity index (χ3n) is 3.71. The molecule has 2 amide bonds. The molecule has 3 aromatic rings. The average molecular weight is 361 g/mol. The monoisotopic (exact) mass is 361 g/mol. The summed E-state index contributed by atoms with van der Waals surface area (Å²) in [6, 6.07) is 11.7. The fraction of sp³-hybridized carbons (Fsp3) is 0.111. The minimum Gasteiger partial charge on any atom is -0.406 e. The molecule has 0 aliphatic carbocycles. The Morgan fingerprint density at radius 1 is 1.12 bits per heavy atom. The van der Waals surface area contributed by atoms with Crippen LogP contribution in [0.4, 0.5) is 23.7 Å². The van der Waals surface area contributed by atoms with Crippen LogP contribution in [0.25, 0.3) is 10.8 Å². The highest BCUT2D eigenvalue weighted by Gasteiger charge is 2.31. The molecule has 1 aromatic heterocycles. The standard InChI is InChI=1S/C18H14F3N3O2/c19-18(20,21)26-14-6-4-12(5-7-14)11-24(17(22)25)16-3-1-2-13-10-23-9-8-15(13)16/h1-10H,11H2,(H2,22,25). The van der Waals surface area contributed by atoms with Crippen molar-refractivity contribution in [3.63, 3.8) is 0 Å². The second-order valence-electron chi connectivity index (χ2n) is 5.49. The average Bonchev–Trinajstić information content (AvgIpc) is 2.59. The van der Waals surface area contributed by atoms with Gasteiger partial charge in [-0.1, -0.05) is 24.3 Å². The molecule has 5 nitrogen and oxygen atoms in total. The predicted molar refractivity (Wildman–Crippen MR) is 90.6 cm³/mol. The molecule has 0 unspecified atom stereocenters. The fourth-order valence-corrected chi connectivity index (χ4v) is 2.60. The number of alkyl halides is 3. The number of nitrogens with two attached hydrogens (primary N) is 1. The van der Waals surface area contributed by atoms with E-state index in [4.69, 9.17) is 5.73 Å². The second-order valence-corrected chi connectivity index (χ2v) is 5.49. The first-order valence-electron chi connectivity index (χ1n) is 7.58. The van der Waals surface area contributed by atoms with Crippen molar-refractivity contribution in [1.29, 1.82) is 0 Å². The van der Waals surface area contributed by atoms with Crippen LogP contribution >= 0.6 is 0 Å². The van der Waals surface area contributed by atoms with E-state index in [1.54, 1.807) is 30.6 Å². The van der Waals surface area contributed by atoms with Crippen molar-refractivity contribution >= 4 is 22.5 Å². The van der Waals surface area contributed by atoms with Crippen molar-refractivity contribution < 1.29 is 22.7 Å². The van der Waals surface area contributed by atoms with Crippen molar-refractivity contribution in [1.82, 2.24) is 4.98 Å². The Hall–Kier alpha value is -3.29. The van der Waals surface area contributed by atoms with Crippen LogP contribution in [0.5, 0.6) is 5.75 Å². The molecule has 2 N–H and O–H groups in total. The highest BCUT2D eigenvalue weighted by Crippen LogP contribution is 2.28. The van der Waals surface area contributed by atoms with Gasteiger partial charge in [-0.15, -0.1) is 13.2 Å². The summed E-state index contributed by atoms with van der Waals surface area (Å²) >= 11 is 0. The number of carbonyl (C=O) groups excluding carboxylic acids is 1. The molecular weight excluding hydrogens is 347 g/mol. The first kappa shape index (κ1) is 17.5. The topological polar surface area (TPSA) is 68.5 Å². The number of hydrogen-bond acceptors (Lipinski definition) is 3. The zero-order valence-electron chi connectivity index (χ0n) is 13.4. The lowest BCUT2D eigenvalue weighted by Crippen LogP contribution is -2.35. The molecule has 134 valence electrons. The Morgan fingerprint density at radius 2 is 1.85 bits per heavy atom. The highest BCUT2D eigenvalue weighted by atomic mass is 19.4. The Labute approximate surface area is 146 Å². The first-order chi connectivity index (χ1) is 12.3. The molecule has 26 heavy (non-hydrogen) atoms. The molecule has 8 heteroatoms. The third-order valence-corrected chi connectivity index (χ3v) is 3.71. The number of carbonyl (C=O) groups is 1. The maximum atomic E-state index is 12.2. The van der Waals surface area contributed by atoms with Gasteiger partial charge in [0.2, 0.25) is 0 Å². The lowest BCUT2D eigenvalue weighted by atomic mass is 10.1. The molecule has 0 radical (unpaired) electrons. The molecule has 0 fully saturated rings. The van der Waals surface area contributed by atoms with E-state index < -0.39 is 12.4 Å². The number of anilines is 1. The largest absolute Gasteiger partial charge is 0.573 e. The van der Waals surface area contributed by atoms with Crippen LogP contribution in [0.3, 0.4) is 0 Å². The van der Waals surface area contributed by atoms with Crippen LogP contribution in [0, 0.1) is 0 Å². The van der Waals surface area contributed by atoms with Gasteiger partial charge in [0.05, 0.1) is 12.2 Å². The van der Waals surface area contributed by atoms with E-state index in [2.05, 4.69) is 9.72 Å². The number of urea groups is 1. The third kappa shape index (κ3) is 4.02. The normalized spacial score (nSPS) is 11.3. The Morgan fingerprint density at radius 3 is 2.50 bits per heavy atom. The SMILES string of the molecule is NC(=O)N(Cc1ccc(OC(F)(F)F)cc1)c1cccc2cnccc12. The number of hydrogen-bond donors (Lipinski definition) is 1. The molecular formula is C18H14F3N3O2. The van der Waals surface area contributed by atoms with Gasteiger partial charge in [-0.2, -0.15) is 0 Å². The first-order valence-corrected chi connectivity index (χ1v) is 7.58. The van der Waals surface area contributed by atoms with Crippen LogP contribution in [0.1, 0.15) is 5.56 Å². The van der Waals surface area contributed by atoms with Gasteiger partial charge in [0.25, 0.3) is 0 Å². The van der Waals surface area contributed by atoms with Gasteiger partial charge >= 0.3 is 12.4 Å². The number of halogens is 3. The van der Waals surface area contributed by atoms with Gasteiger partial charge in [-0.3, -0.25) is 9.88 Å². The van der Waals surface area contributed by atoms with Gasteiger partial charge in [0.15, 0.2) is 0 Å². The van der Waals surface area contributed by atoms with Crippen LogP contribution in [0.15, 0.2) is 60.9 Å². The summed E-state index contributed by atoms with van der Waals surface area (Å²) in [5.41, 5.74) is 6.71. The smallest absolute Gasteiger partial charge is 0.406 e. The maximum Gasteiger partial charge on any atom is 0.573 e. The summed E-state index contributed by atoms with van der Waals surface area (Å²) in [5, 5.41) is 1.63. The summed E-state index contributed by atoms with van der Waals surface area (Å²) in [6.07, 6.45) is -1.48. The zero-order valence-corrected chi connectivity index (χ0v) is 13.4. The Kier molecular flexibility index (Phi) is 4.66. The predicted octanol–water partition coefficient (Wildman–Crippen LogP) is 4.22. The fourth-order valence-electron chi connectivity index (χ4n) is 2.60. The summed E-state index contributed by atoms with van der Waals surface area (Å²) in [7, 11) is 0. The molecule has 2 aromatic carbocycles.